The van der Waals surface area contributed by atoms with E-state index in [4.69, 9.17) is 0 Å². The van der Waals surface area contributed by atoms with Crippen molar-refractivity contribution in [3.8, 4) is 0 Å². The number of anilines is 2. The molecule has 1 aliphatic rings. The highest BCUT2D eigenvalue weighted by Crippen LogP contribution is 2.34. The minimum atomic E-state index is -0.339. The number of aromatic nitrogens is 2. The van der Waals surface area contributed by atoms with Gasteiger partial charge in [0.15, 0.2) is 0 Å². The highest BCUT2D eigenvalue weighted by Gasteiger charge is 2.29. The molecule has 25 heavy (non-hydrogen) atoms. The van der Waals surface area contributed by atoms with E-state index in [9.17, 15) is 10.1 Å². The topological polar surface area (TPSA) is 84.2 Å². The van der Waals surface area contributed by atoms with Crippen LogP contribution in [-0.2, 0) is 0 Å². The number of nitrogens with one attached hydrogen (secondary N) is 1. The van der Waals surface area contributed by atoms with E-state index in [1.54, 1.807) is 0 Å². The van der Waals surface area contributed by atoms with Crippen molar-refractivity contribution in [1.82, 2.24) is 9.97 Å². The third kappa shape index (κ3) is 5.54. The monoisotopic (exact) mass is 349 g/mol. The summed E-state index contributed by atoms with van der Waals surface area (Å²) >= 11 is 0. The molecule has 1 N–H and O–H groups in total. The summed E-state index contributed by atoms with van der Waals surface area (Å²) in [6, 6.07) is 0.263. The Hall–Kier alpha value is -1.92. The second-order valence-electron chi connectivity index (χ2n) is 7.82. The van der Waals surface area contributed by atoms with Crippen LogP contribution in [0.5, 0.6) is 0 Å². The number of nitro groups is 1. The number of hydrogen-bond acceptors (Lipinski definition) is 6. The average molecular weight is 349 g/mol. The van der Waals surface area contributed by atoms with E-state index in [0.717, 1.165) is 38.8 Å². The van der Waals surface area contributed by atoms with Crippen LogP contribution in [-0.4, -0.2) is 34.0 Å². The lowest BCUT2D eigenvalue weighted by atomic mass is 9.95. The van der Waals surface area contributed by atoms with Gasteiger partial charge in [-0.15, -0.1) is 0 Å². The van der Waals surface area contributed by atoms with Crippen LogP contribution < -0.4 is 10.2 Å². The zero-order chi connectivity index (χ0) is 18.4. The van der Waals surface area contributed by atoms with Crippen molar-refractivity contribution in [3.05, 3.63) is 16.4 Å². The van der Waals surface area contributed by atoms with E-state index in [0.29, 0.717) is 23.5 Å². The second kappa shape index (κ2) is 8.97. The first-order valence-corrected chi connectivity index (χ1v) is 9.39. The number of nitrogens with zero attached hydrogens (tertiary/aromatic N) is 4. The van der Waals surface area contributed by atoms with Gasteiger partial charge in [0.05, 0.1) is 4.92 Å². The van der Waals surface area contributed by atoms with Crippen LogP contribution in [0.3, 0.4) is 0 Å². The smallest absolute Gasteiger partial charge is 0.353 e. The molecule has 0 spiro atoms. The lowest BCUT2D eigenvalue weighted by molar-refractivity contribution is -0.383. The molecule has 1 saturated carbocycles. The molecule has 0 radical (unpaired) electrons. The third-order valence-electron chi connectivity index (χ3n) is 4.40. The average Bonchev–Trinajstić information content (AvgIpc) is 2.54. The van der Waals surface area contributed by atoms with Gasteiger partial charge in [0.2, 0.25) is 11.6 Å². The molecule has 0 amide bonds. The molecule has 140 valence electrons. The highest BCUT2D eigenvalue weighted by atomic mass is 16.6. The summed E-state index contributed by atoms with van der Waals surface area (Å²) < 4.78 is 0. The molecule has 1 fully saturated rings. The molecule has 7 nitrogen and oxygen atoms in total. The van der Waals surface area contributed by atoms with Crippen LogP contribution in [0.2, 0.25) is 0 Å². The van der Waals surface area contributed by atoms with E-state index in [-0.39, 0.29) is 16.7 Å². The molecule has 1 aliphatic carbocycles. The van der Waals surface area contributed by atoms with Crippen molar-refractivity contribution in [2.45, 2.75) is 65.8 Å². The fourth-order valence-corrected chi connectivity index (χ4v) is 3.44. The third-order valence-corrected chi connectivity index (χ3v) is 4.40. The molecule has 7 heteroatoms. The Bertz CT molecular complexity index is 561. The quantitative estimate of drug-likeness (QED) is 0.558. The van der Waals surface area contributed by atoms with Crippen LogP contribution in [0, 0.1) is 22.0 Å². The molecule has 1 aromatic heterocycles. The molecule has 1 aromatic rings. The largest absolute Gasteiger partial charge is 0.361 e. The Balaban J connectivity index is 2.34. The zero-order valence-electron chi connectivity index (χ0n) is 15.9. The van der Waals surface area contributed by atoms with Crippen molar-refractivity contribution in [2.75, 3.05) is 23.3 Å². The minimum Gasteiger partial charge on any atom is -0.361 e. The van der Waals surface area contributed by atoms with Crippen molar-refractivity contribution < 1.29 is 4.92 Å². The Morgan fingerprint density at radius 2 is 1.76 bits per heavy atom. The summed E-state index contributed by atoms with van der Waals surface area (Å²) in [6.45, 7) is 9.92. The van der Waals surface area contributed by atoms with Gasteiger partial charge in [-0.05, 0) is 24.7 Å². The van der Waals surface area contributed by atoms with Crippen molar-refractivity contribution >= 4 is 17.3 Å². The van der Waals surface area contributed by atoms with Gasteiger partial charge in [-0.2, -0.15) is 0 Å². The SMILES string of the molecule is CC(C)CN(CC(C)C)c1ncnc(NC2CCCCC2)c1[N+](=O)[O-]. The summed E-state index contributed by atoms with van der Waals surface area (Å²) in [5.41, 5.74) is 0.00868. The molecular formula is C18H31N5O2. The first-order valence-electron chi connectivity index (χ1n) is 9.39. The highest BCUT2D eigenvalue weighted by molar-refractivity contribution is 5.70. The summed E-state index contributed by atoms with van der Waals surface area (Å²) in [5.74, 6) is 1.58. The van der Waals surface area contributed by atoms with E-state index < -0.39 is 0 Å². The lowest BCUT2D eigenvalue weighted by Crippen LogP contribution is -2.33. The first-order chi connectivity index (χ1) is 11.9. The van der Waals surface area contributed by atoms with Gasteiger partial charge in [-0.3, -0.25) is 10.1 Å². The number of rotatable bonds is 8. The van der Waals surface area contributed by atoms with Gasteiger partial charge in [-0.1, -0.05) is 47.0 Å². The summed E-state index contributed by atoms with van der Waals surface area (Å²) in [6.07, 6.45) is 7.09. The van der Waals surface area contributed by atoms with E-state index in [2.05, 4.69) is 43.0 Å². The standard InChI is InChI=1S/C18H31N5O2/c1-13(2)10-22(11-14(3)4)18-16(23(24)25)17(19-12-20-18)21-15-8-6-5-7-9-15/h12-15H,5-11H2,1-4H3,(H,19,20,21). The Labute approximate surface area is 150 Å². The number of hydrogen-bond donors (Lipinski definition) is 1. The van der Waals surface area contributed by atoms with Crippen LogP contribution in [0.15, 0.2) is 6.33 Å². The Kier molecular flexibility index (Phi) is 6.96. The fourth-order valence-electron chi connectivity index (χ4n) is 3.44. The molecule has 2 rings (SSSR count). The van der Waals surface area contributed by atoms with Crippen LogP contribution in [0.25, 0.3) is 0 Å². The van der Waals surface area contributed by atoms with Crippen molar-refractivity contribution in [3.63, 3.8) is 0 Å². The summed E-state index contributed by atoms with van der Waals surface area (Å²) in [5, 5.41) is 15.1. The van der Waals surface area contributed by atoms with Gasteiger partial charge in [0, 0.05) is 19.1 Å². The second-order valence-corrected chi connectivity index (χ2v) is 7.82. The molecule has 0 aromatic carbocycles. The van der Waals surface area contributed by atoms with Crippen LogP contribution >= 0.6 is 0 Å². The molecule has 0 unspecified atom stereocenters. The molecule has 0 aliphatic heterocycles. The first kappa shape index (κ1) is 19.4. The molecule has 1 heterocycles. The van der Waals surface area contributed by atoms with Gasteiger partial charge >= 0.3 is 5.69 Å². The predicted octanol–water partition coefficient (Wildman–Crippen LogP) is 4.25. The maximum atomic E-state index is 11.8. The van der Waals surface area contributed by atoms with Crippen LogP contribution in [0.4, 0.5) is 17.3 Å². The molecule has 0 bridgehead atoms. The zero-order valence-corrected chi connectivity index (χ0v) is 15.9. The van der Waals surface area contributed by atoms with Gasteiger partial charge in [0.1, 0.15) is 6.33 Å². The molecular weight excluding hydrogens is 318 g/mol. The summed E-state index contributed by atoms with van der Waals surface area (Å²) in [7, 11) is 0. The maximum absolute atomic E-state index is 11.8. The van der Waals surface area contributed by atoms with E-state index in [1.165, 1.54) is 12.7 Å². The van der Waals surface area contributed by atoms with Gasteiger partial charge < -0.3 is 10.2 Å². The fraction of sp³-hybridized carbons (Fsp3) is 0.778. The van der Waals surface area contributed by atoms with Crippen molar-refractivity contribution in [1.29, 1.82) is 0 Å². The summed E-state index contributed by atoms with van der Waals surface area (Å²) in [4.78, 5) is 22.0. The van der Waals surface area contributed by atoms with Crippen molar-refractivity contribution in [2.24, 2.45) is 11.8 Å². The minimum absolute atomic E-state index is 0.00868. The Morgan fingerprint density at radius 1 is 1.16 bits per heavy atom. The molecule has 0 atom stereocenters. The normalized spacial score (nSPS) is 15.6. The molecule has 0 saturated heterocycles. The van der Waals surface area contributed by atoms with Gasteiger partial charge in [0.25, 0.3) is 0 Å². The lowest BCUT2D eigenvalue weighted by Gasteiger charge is -2.28. The maximum Gasteiger partial charge on any atom is 0.353 e. The van der Waals surface area contributed by atoms with Gasteiger partial charge in [-0.25, -0.2) is 9.97 Å². The van der Waals surface area contributed by atoms with E-state index >= 15 is 0 Å². The van der Waals surface area contributed by atoms with Crippen LogP contribution in [0.1, 0.15) is 59.8 Å². The predicted molar refractivity (Wildman–Crippen MR) is 101 cm³/mol. The Morgan fingerprint density at radius 3 is 2.28 bits per heavy atom. The van der Waals surface area contributed by atoms with E-state index in [1.807, 2.05) is 4.90 Å².